The smallest absolute Gasteiger partial charge is 0.254 e. The molecule has 2 rings (SSSR count). The van der Waals surface area contributed by atoms with E-state index in [0.717, 1.165) is 0 Å². The molecule has 0 spiro atoms. The summed E-state index contributed by atoms with van der Waals surface area (Å²) in [6.45, 7) is 3.41. The normalized spacial score (nSPS) is 20.7. The van der Waals surface area contributed by atoms with Crippen molar-refractivity contribution in [1.82, 2.24) is 4.90 Å². The molecule has 1 saturated heterocycles. The number of carbonyl (C=O) groups is 1. The molecule has 0 bridgehead atoms. The molecule has 19 heavy (non-hydrogen) atoms. The van der Waals surface area contributed by atoms with Crippen molar-refractivity contribution < 1.29 is 9.53 Å². The van der Waals surface area contributed by atoms with Gasteiger partial charge < -0.3 is 15.4 Å². The molecule has 2 unspecified atom stereocenters. The number of morpholine rings is 1. The van der Waals surface area contributed by atoms with E-state index in [0.29, 0.717) is 30.8 Å². The maximum atomic E-state index is 12.4. The van der Waals surface area contributed by atoms with E-state index < -0.39 is 0 Å². The minimum Gasteiger partial charge on any atom is -0.373 e. The Balaban J connectivity index is 2.12. The number of amides is 1. The molecule has 0 saturated carbocycles. The van der Waals surface area contributed by atoms with Gasteiger partial charge in [-0.3, -0.25) is 4.79 Å². The van der Waals surface area contributed by atoms with Gasteiger partial charge in [0.25, 0.3) is 5.91 Å². The van der Waals surface area contributed by atoms with Crippen LogP contribution in [0.3, 0.4) is 0 Å². The van der Waals surface area contributed by atoms with Crippen LogP contribution in [0.4, 0.5) is 0 Å². The van der Waals surface area contributed by atoms with Crippen LogP contribution in [-0.4, -0.2) is 42.6 Å². The first-order chi connectivity index (χ1) is 9.11. The van der Waals surface area contributed by atoms with Crippen LogP contribution in [0.15, 0.2) is 24.3 Å². The summed E-state index contributed by atoms with van der Waals surface area (Å²) in [6, 6.07) is 8.66. The topological polar surface area (TPSA) is 79.4 Å². The summed E-state index contributed by atoms with van der Waals surface area (Å²) < 4.78 is 5.53. The highest BCUT2D eigenvalue weighted by atomic mass is 16.5. The fraction of sp³-hybridized carbons (Fsp3) is 0.429. The molecule has 1 aromatic rings. The van der Waals surface area contributed by atoms with Gasteiger partial charge in [-0.2, -0.15) is 5.26 Å². The molecule has 0 aromatic heterocycles. The fourth-order valence-corrected chi connectivity index (χ4v) is 2.08. The Morgan fingerprint density at radius 3 is 3.11 bits per heavy atom. The SMILES string of the molecule is CC(N)C1CN(C(=O)c2cccc(C#N)c2)CCO1. The van der Waals surface area contributed by atoms with Crippen molar-refractivity contribution in [2.75, 3.05) is 19.7 Å². The van der Waals surface area contributed by atoms with Crippen molar-refractivity contribution in [3.8, 4) is 6.07 Å². The first kappa shape index (κ1) is 13.5. The number of nitrogens with two attached hydrogens (primary N) is 1. The van der Waals surface area contributed by atoms with Crippen LogP contribution in [-0.2, 0) is 4.74 Å². The highest BCUT2D eigenvalue weighted by molar-refractivity contribution is 5.94. The Labute approximate surface area is 112 Å². The number of rotatable bonds is 2. The standard InChI is InChI=1S/C14H17N3O2/c1-10(16)13-9-17(5-6-19-13)14(18)12-4-2-3-11(7-12)8-15/h2-4,7,10,13H,5-6,9,16H2,1H3. The van der Waals surface area contributed by atoms with Crippen molar-refractivity contribution in [3.63, 3.8) is 0 Å². The molecule has 0 radical (unpaired) electrons. The summed E-state index contributed by atoms with van der Waals surface area (Å²) in [5, 5.41) is 8.86. The number of hydrogen-bond acceptors (Lipinski definition) is 4. The number of carbonyl (C=O) groups excluding carboxylic acids is 1. The Hall–Kier alpha value is -1.90. The number of hydrogen-bond donors (Lipinski definition) is 1. The molecule has 2 atom stereocenters. The second-order valence-electron chi connectivity index (χ2n) is 4.71. The third kappa shape index (κ3) is 3.11. The van der Waals surface area contributed by atoms with E-state index in [1.54, 1.807) is 29.2 Å². The number of nitrogens with zero attached hydrogens (tertiary/aromatic N) is 2. The summed E-state index contributed by atoms with van der Waals surface area (Å²) in [4.78, 5) is 14.1. The first-order valence-corrected chi connectivity index (χ1v) is 6.28. The minimum absolute atomic E-state index is 0.0777. The van der Waals surface area contributed by atoms with E-state index in [1.807, 2.05) is 13.0 Å². The molecule has 1 aromatic carbocycles. The van der Waals surface area contributed by atoms with Crippen LogP contribution in [0.25, 0.3) is 0 Å². The van der Waals surface area contributed by atoms with Crippen molar-refractivity contribution >= 4 is 5.91 Å². The van der Waals surface area contributed by atoms with E-state index >= 15 is 0 Å². The average Bonchev–Trinajstić information content (AvgIpc) is 2.46. The zero-order valence-corrected chi connectivity index (χ0v) is 10.9. The lowest BCUT2D eigenvalue weighted by molar-refractivity contribution is -0.0300. The second-order valence-corrected chi connectivity index (χ2v) is 4.71. The van der Waals surface area contributed by atoms with E-state index in [4.69, 9.17) is 15.7 Å². The molecule has 5 heteroatoms. The van der Waals surface area contributed by atoms with E-state index in [1.165, 1.54) is 0 Å². The summed E-state index contributed by atoms with van der Waals surface area (Å²) in [5.74, 6) is -0.0777. The Morgan fingerprint density at radius 1 is 1.63 bits per heavy atom. The molecule has 1 aliphatic heterocycles. The Morgan fingerprint density at radius 2 is 2.42 bits per heavy atom. The number of nitriles is 1. The van der Waals surface area contributed by atoms with Crippen molar-refractivity contribution in [2.24, 2.45) is 5.73 Å². The van der Waals surface area contributed by atoms with Gasteiger partial charge in [0.15, 0.2) is 0 Å². The third-order valence-electron chi connectivity index (χ3n) is 3.21. The maximum Gasteiger partial charge on any atom is 0.254 e. The van der Waals surface area contributed by atoms with Gasteiger partial charge in [-0.15, -0.1) is 0 Å². The molecular weight excluding hydrogens is 242 g/mol. The molecule has 1 amide bonds. The van der Waals surface area contributed by atoms with Crippen molar-refractivity contribution in [2.45, 2.75) is 19.1 Å². The van der Waals surface area contributed by atoms with Gasteiger partial charge in [-0.25, -0.2) is 0 Å². The summed E-state index contributed by atoms with van der Waals surface area (Å²) >= 11 is 0. The zero-order valence-electron chi connectivity index (χ0n) is 10.9. The van der Waals surface area contributed by atoms with E-state index in [9.17, 15) is 4.79 Å². The van der Waals surface area contributed by atoms with Gasteiger partial charge >= 0.3 is 0 Å². The van der Waals surface area contributed by atoms with E-state index in [2.05, 4.69) is 0 Å². The molecular formula is C14H17N3O2. The molecule has 2 N–H and O–H groups in total. The maximum absolute atomic E-state index is 12.4. The van der Waals surface area contributed by atoms with Gasteiger partial charge in [-0.05, 0) is 25.1 Å². The molecule has 100 valence electrons. The lowest BCUT2D eigenvalue weighted by Gasteiger charge is -2.34. The summed E-state index contributed by atoms with van der Waals surface area (Å²) in [6.07, 6.45) is -0.128. The molecule has 1 aliphatic rings. The predicted molar refractivity (Wildman–Crippen MR) is 70.4 cm³/mol. The van der Waals surface area contributed by atoms with Crippen LogP contribution in [0, 0.1) is 11.3 Å². The van der Waals surface area contributed by atoms with Crippen LogP contribution in [0.5, 0.6) is 0 Å². The molecule has 1 heterocycles. The van der Waals surface area contributed by atoms with Crippen LogP contribution >= 0.6 is 0 Å². The third-order valence-corrected chi connectivity index (χ3v) is 3.21. The van der Waals surface area contributed by atoms with Gasteiger partial charge in [0, 0.05) is 24.7 Å². The summed E-state index contributed by atoms with van der Waals surface area (Å²) in [5.41, 5.74) is 6.83. The minimum atomic E-state index is -0.128. The monoisotopic (exact) mass is 259 g/mol. The lowest BCUT2D eigenvalue weighted by Crippen LogP contribution is -2.51. The van der Waals surface area contributed by atoms with Gasteiger partial charge in [0.05, 0.1) is 24.3 Å². The van der Waals surface area contributed by atoms with Gasteiger partial charge in [-0.1, -0.05) is 6.07 Å². The Kier molecular flexibility index (Phi) is 4.15. The second kappa shape index (κ2) is 5.83. The largest absolute Gasteiger partial charge is 0.373 e. The lowest BCUT2D eigenvalue weighted by atomic mass is 10.1. The highest BCUT2D eigenvalue weighted by Crippen LogP contribution is 2.13. The number of benzene rings is 1. The molecule has 0 aliphatic carbocycles. The van der Waals surface area contributed by atoms with Crippen molar-refractivity contribution in [3.05, 3.63) is 35.4 Å². The van der Waals surface area contributed by atoms with Crippen molar-refractivity contribution in [1.29, 1.82) is 5.26 Å². The van der Waals surface area contributed by atoms with Crippen LogP contribution in [0.1, 0.15) is 22.8 Å². The van der Waals surface area contributed by atoms with Crippen LogP contribution < -0.4 is 5.73 Å². The molecule has 1 fully saturated rings. The quantitative estimate of drug-likeness (QED) is 0.849. The zero-order chi connectivity index (χ0) is 13.8. The van der Waals surface area contributed by atoms with Gasteiger partial charge in [0.1, 0.15) is 0 Å². The number of ether oxygens (including phenoxy) is 1. The predicted octanol–water partition coefficient (Wildman–Crippen LogP) is 0.746. The van der Waals surface area contributed by atoms with Crippen LogP contribution in [0.2, 0.25) is 0 Å². The van der Waals surface area contributed by atoms with Gasteiger partial charge in [0.2, 0.25) is 0 Å². The highest BCUT2D eigenvalue weighted by Gasteiger charge is 2.27. The summed E-state index contributed by atoms with van der Waals surface area (Å²) in [7, 11) is 0. The Bertz CT molecular complexity index is 508. The van der Waals surface area contributed by atoms with E-state index in [-0.39, 0.29) is 18.1 Å². The average molecular weight is 259 g/mol. The first-order valence-electron chi connectivity index (χ1n) is 6.28. The molecule has 5 nitrogen and oxygen atoms in total. The fourth-order valence-electron chi connectivity index (χ4n) is 2.08.